The van der Waals surface area contributed by atoms with Crippen LogP contribution in [0.5, 0.6) is 0 Å². The lowest BCUT2D eigenvalue weighted by Gasteiger charge is -2.08. The number of hydrogen-bond donors (Lipinski definition) is 3. The van der Waals surface area contributed by atoms with Crippen LogP contribution < -0.4 is 15.4 Å². The van der Waals surface area contributed by atoms with Gasteiger partial charge < -0.3 is 10.6 Å². The standard InChI is InChI=1S/C13H16N4O4S2/c1-9(18)16-10-2-4-11(5-3-10)23(20,21)15-8-12(19)17-13-14-6-7-22-13/h2-5,15H,6-8H2,1H3,(H,16,18)(H,14,17,19). The van der Waals surface area contributed by atoms with Crippen LogP contribution in [0, 0.1) is 0 Å². The van der Waals surface area contributed by atoms with E-state index in [1.54, 1.807) is 0 Å². The molecule has 0 saturated heterocycles. The van der Waals surface area contributed by atoms with Crippen molar-refractivity contribution < 1.29 is 18.0 Å². The predicted octanol–water partition coefficient (Wildman–Crippen LogP) is 0.142. The molecule has 23 heavy (non-hydrogen) atoms. The fraction of sp³-hybridized carbons (Fsp3) is 0.308. The molecule has 10 heteroatoms. The summed E-state index contributed by atoms with van der Waals surface area (Å²) in [6, 6.07) is 5.64. The monoisotopic (exact) mass is 356 g/mol. The van der Waals surface area contributed by atoms with Gasteiger partial charge in [-0.15, -0.1) is 0 Å². The molecule has 0 unspecified atom stereocenters. The maximum atomic E-state index is 12.1. The summed E-state index contributed by atoms with van der Waals surface area (Å²) in [7, 11) is -3.80. The molecule has 1 aromatic rings. The number of aliphatic imine (C=N–C) groups is 1. The lowest BCUT2D eigenvalue weighted by molar-refractivity contribution is -0.118. The highest BCUT2D eigenvalue weighted by molar-refractivity contribution is 8.14. The number of amidine groups is 1. The molecule has 0 aliphatic carbocycles. The minimum Gasteiger partial charge on any atom is -0.326 e. The van der Waals surface area contributed by atoms with Gasteiger partial charge in [-0.3, -0.25) is 14.6 Å². The fourth-order valence-corrected chi connectivity index (χ4v) is 3.47. The minimum absolute atomic E-state index is 0.00647. The Morgan fingerprint density at radius 1 is 1.22 bits per heavy atom. The van der Waals surface area contributed by atoms with E-state index < -0.39 is 15.9 Å². The molecule has 0 atom stereocenters. The van der Waals surface area contributed by atoms with Gasteiger partial charge in [-0.1, -0.05) is 11.8 Å². The van der Waals surface area contributed by atoms with E-state index in [1.807, 2.05) is 0 Å². The highest BCUT2D eigenvalue weighted by atomic mass is 32.2. The van der Waals surface area contributed by atoms with Crippen LogP contribution in [0.3, 0.4) is 0 Å². The number of nitrogens with zero attached hydrogens (tertiary/aromatic N) is 1. The van der Waals surface area contributed by atoms with Crippen molar-refractivity contribution in [1.29, 1.82) is 0 Å². The summed E-state index contributed by atoms with van der Waals surface area (Å²) in [5.41, 5.74) is 0.491. The van der Waals surface area contributed by atoms with Crippen LogP contribution >= 0.6 is 11.8 Å². The molecule has 3 N–H and O–H groups in total. The zero-order valence-electron chi connectivity index (χ0n) is 12.3. The smallest absolute Gasteiger partial charge is 0.241 e. The van der Waals surface area contributed by atoms with Crippen LogP contribution in [0.1, 0.15) is 6.92 Å². The minimum atomic E-state index is -3.80. The average Bonchev–Trinajstić information content (AvgIpc) is 2.98. The summed E-state index contributed by atoms with van der Waals surface area (Å²) in [5, 5.41) is 5.58. The first-order chi connectivity index (χ1) is 10.9. The molecular formula is C13H16N4O4S2. The zero-order valence-corrected chi connectivity index (χ0v) is 14.0. The van der Waals surface area contributed by atoms with Gasteiger partial charge in [-0.25, -0.2) is 13.1 Å². The van der Waals surface area contributed by atoms with E-state index in [4.69, 9.17) is 0 Å². The van der Waals surface area contributed by atoms with Crippen LogP contribution in [0.4, 0.5) is 5.69 Å². The first-order valence-corrected chi connectivity index (χ1v) is 9.18. The van der Waals surface area contributed by atoms with Crippen molar-refractivity contribution in [3.63, 3.8) is 0 Å². The van der Waals surface area contributed by atoms with Gasteiger partial charge in [0, 0.05) is 18.4 Å². The van der Waals surface area contributed by atoms with E-state index in [9.17, 15) is 18.0 Å². The van der Waals surface area contributed by atoms with Gasteiger partial charge >= 0.3 is 0 Å². The van der Waals surface area contributed by atoms with Gasteiger partial charge in [0.1, 0.15) is 0 Å². The quantitative estimate of drug-likeness (QED) is 0.694. The Hall–Kier alpha value is -1.91. The van der Waals surface area contributed by atoms with Crippen LogP contribution in [-0.4, -0.2) is 44.2 Å². The first kappa shape index (κ1) is 17.4. The van der Waals surface area contributed by atoms with Crippen LogP contribution in [-0.2, 0) is 19.6 Å². The van der Waals surface area contributed by atoms with Gasteiger partial charge in [0.2, 0.25) is 21.8 Å². The van der Waals surface area contributed by atoms with Crippen molar-refractivity contribution in [3.05, 3.63) is 24.3 Å². The van der Waals surface area contributed by atoms with Gasteiger partial charge in [-0.2, -0.15) is 0 Å². The molecule has 1 aromatic carbocycles. The van der Waals surface area contributed by atoms with Crippen LogP contribution in [0.25, 0.3) is 0 Å². The molecule has 1 heterocycles. The Morgan fingerprint density at radius 2 is 1.91 bits per heavy atom. The van der Waals surface area contributed by atoms with Crippen LogP contribution in [0.2, 0.25) is 0 Å². The fourth-order valence-electron chi connectivity index (χ4n) is 1.74. The number of carbonyl (C=O) groups is 2. The van der Waals surface area contributed by atoms with E-state index >= 15 is 0 Å². The van der Waals surface area contributed by atoms with Crippen molar-refractivity contribution >= 4 is 44.5 Å². The third-order valence-corrected chi connectivity index (χ3v) is 5.05. The van der Waals surface area contributed by atoms with Gasteiger partial charge in [0.25, 0.3) is 0 Å². The summed E-state index contributed by atoms with van der Waals surface area (Å²) >= 11 is 1.41. The van der Waals surface area contributed by atoms with Gasteiger partial charge in [0.15, 0.2) is 5.17 Å². The molecule has 1 aliphatic rings. The maximum Gasteiger partial charge on any atom is 0.241 e. The predicted molar refractivity (Wildman–Crippen MR) is 88.8 cm³/mol. The molecule has 124 valence electrons. The summed E-state index contributed by atoms with van der Waals surface area (Å²) < 4.78 is 26.4. The average molecular weight is 356 g/mol. The molecule has 0 radical (unpaired) electrons. The number of sulfonamides is 1. The molecular weight excluding hydrogens is 340 g/mol. The Labute approximate surface area is 138 Å². The SMILES string of the molecule is CC(=O)Nc1ccc(S(=O)(=O)NCC(=O)NC2=NCCS2)cc1. The molecule has 0 fully saturated rings. The van der Waals surface area contributed by atoms with E-state index in [0.29, 0.717) is 17.4 Å². The maximum absolute atomic E-state index is 12.1. The van der Waals surface area contributed by atoms with E-state index in [-0.39, 0.29) is 17.3 Å². The number of thioether (sulfide) groups is 1. The van der Waals surface area contributed by atoms with Crippen molar-refractivity contribution in [1.82, 2.24) is 10.0 Å². The molecule has 1 aliphatic heterocycles. The van der Waals surface area contributed by atoms with E-state index in [1.165, 1.54) is 43.0 Å². The van der Waals surface area contributed by atoms with Gasteiger partial charge in [-0.05, 0) is 24.3 Å². The van der Waals surface area contributed by atoms with Crippen LogP contribution in [0.15, 0.2) is 34.2 Å². The molecule has 0 saturated carbocycles. The van der Waals surface area contributed by atoms with E-state index in [0.717, 1.165) is 5.75 Å². The lowest BCUT2D eigenvalue weighted by Crippen LogP contribution is -2.38. The second-order valence-corrected chi connectivity index (χ2v) is 7.46. The molecule has 8 nitrogen and oxygen atoms in total. The summed E-state index contributed by atoms with van der Waals surface area (Å²) in [5.74, 6) is 0.0850. The second-order valence-electron chi connectivity index (χ2n) is 4.61. The van der Waals surface area contributed by atoms with Crippen molar-refractivity contribution in [2.75, 3.05) is 24.2 Å². The number of carbonyl (C=O) groups excluding carboxylic acids is 2. The highest BCUT2D eigenvalue weighted by Crippen LogP contribution is 2.14. The third-order valence-electron chi connectivity index (χ3n) is 2.74. The number of hydrogen-bond acceptors (Lipinski definition) is 6. The Kier molecular flexibility index (Phi) is 5.74. The Balaban J connectivity index is 1.92. The summed E-state index contributed by atoms with van der Waals surface area (Å²) in [4.78, 5) is 26.6. The molecule has 0 bridgehead atoms. The largest absolute Gasteiger partial charge is 0.326 e. The topological polar surface area (TPSA) is 117 Å². The summed E-state index contributed by atoms with van der Waals surface area (Å²) in [6.07, 6.45) is 0. The summed E-state index contributed by atoms with van der Waals surface area (Å²) in [6.45, 7) is 1.62. The molecule has 2 amide bonds. The highest BCUT2D eigenvalue weighted by Gasteiger charge is 2.17. The van der Waals surface area contributed by atoms with Gasteiger partial charge in [0.05, 0.1) is 18.0 Å². The Bertz CT molecular complexity index is 729. The number of anilines is 1. The lowest BCUT2D eigenvalue weighted by atomic mass is 10.3. The van der Waals surface area contributed by atoms with Crippen molar-refractivity contribution in [3.8, 4) is 0 Å². The normalized spacial score (nSPS) is 14.2. The second kappa shape index (κ2) is 7.57. The molecule has 0 aromatic heterocycles. The zero-order chi connectivity index (χ0) is 16.9. The van der Waals surface area contributed by atoms with Crippen molar-refractivity contribution in [2.45, 2.75) is 11.8 Å². The van der Waals surface area contributed by atoms with Crippen molar-refractivity contribution in [2.24, 2.45) is 4.99 Å². The van der Waals surface area contributed by atoms with E-state index in [2.05, 4.69) is 20.3 Å². The number of amides is 2. The number of nitrogens with one attached hydrogen (secondary N) is 3. The number of rotatable bonds is 5. The number of benzene rings is 1. The molecule has 0 spiro atoms. The first-order valence-electron chi connectivity index (χ1n) is 6.71. The Morgan fingerprint density at radius 3 is 2.48 bits per heavy atom. The molecule has 2 rings (SSSR count). The third kappa shape index (κ3) is 5.34.